The maximum atomic E-state index is 5.94. The fourth-order valence-electron chi connectivity index (χ4n) is 0.939. The Morgan fingerprint density at radius 3 is 2.55 bits per heavy atom. The molecule has 1 aromatic carbocycles. The molecule has 1 rings (SSSR count). The van der Waals surface area contributed by atoms with Crippen LogP contribution in [0.25, 0.3) is 0 Å². The first-order chi connectivity index (χ1) is 5.15. The summed E-state index contributed by atoms with van der Waals surface area (Å²) < 4.78 is 1.00. The van der Waals surface area contributed by atoms with E-state index >= 15 is 0 Å². The molecule has 0 saturated carbocycles. The molecule has 0 aliphatic carbocycles. The van der Waals surface area contributed by atoms with Gasteiger partial charge < -0.3 is 5.32 Å². The fourth-order valence-corrected chi connectivity index (χ4v) is 2.19. The van der Waals surface area contributed by atoms with Crippen LogP contribution in [0.15, 0.2) is 16.6 Å². The summed E-state index contributed by atoms with van der Waals surface area (Å²) in [6.07, 6.45) is 0. The molecule has 1 N–H and O–H groups in total. The normalized spacial score (nSPS) is 9.82. The standard InChI is InChI=1S/C8H9BrClN/c1-5-3-6(9)8(11-2)7(10)4-5/h3-4,11H,1-2H3. The van der Waals surface area contributed by atoms with Crippen LogP contribution in [0, 0.1) is 6.92 Å². The van der Waals surface area contributed by atoms with Gasteiger partial charge in [-0.1, -0.05) is 11.6 Å². The van der Waals surface area contributed by atoms with Crippen molar-refractivity contribution >= 4 is 33.2 Å². The average molecular weight is 235 g/mol. The molecule has 0 unspecified atom stereocenters. The first-order valence-corrected chi connectivity index (χ1v) is 4.45. The van der Waals surface area contributed by atoms with E-state index in [4.69, 9.17) is 11.6 Å². The highest BCUT2D eigenvalue weighted by Gasteiger charge is 2.02. The van der Waals surface area contributed by atoms with Crippen molar-refractivity contribution in [1.82, 2.24) is 0 Å². The van der Waals surface area contributed by atoms with E-state index in [9.17, 15) is 0 Å². The van der Waals surface area contributed by atoms with Crippen LogP contribution < -0.4 is 5.32 Å². The van der Waals surface area contributed by atoms with Gasteiger partial charge in [-0.05, 0) is 40.5 Å². The summed E-state index contributed by atoms with van der Waals surface area (Å²) in [5.41, 5.74) is 2.10. The Kier molecular flexibility index (Phi) is 2.79. The predicted molar refractivity (Wildman–Crippen MR) is 53.4 cm³/mol. The molecule has 0 fully saturated rings. The van der Waals surface area contributed by atoms with Gasteiger partial charge in [0.1, 0.15) is 0 Å². The number of anilines is 1. The Hall–Kier alpha value is -0.210. The van der Waals surface area contributed by atoms with E-state index in [0.717, 1.165) is 20.7 Å². The van der Waals surface area contributed by atoms with E-state index in [1.54, 1.807) is 0 Å². The van der Waals surface area contributed by atoms with Crippen molar-refractivity contribution in [2.75, 3.05) is 12.4 Å². The Morgan fingerprint density at radius 2 is 2.09 bits per heavy atom. The van der Waals surface area contributed by atoms with Crippen LogP contribution in [-0.4, -0.2) is 7.05 Å². The zero-order chi connectivity index (χ0) is 8.43. The lowest BCUT2D eigenvalue weighted by Gasteiger charge is -2.06. The number of benzene rings is 1. The molecule has 0 aromatic heterocycles. The third-order valence-corrected chi connectivity index (χ3v) is 2.36. The Bertz CT molecular complexity index is 250. The van der Waals surface area contributed by atoms with Crippen molar-refractivity contribution < 1.29 is 0 Å². The molecule has 0 atom stereocenters. The van der Waals surface area contributed by atoms with Crippen LogP contribution in [0.1, 0.15) is 5.56 Å². The van der Waals surface area contributed by atoms with E-state index in [2.05, 4.69) is 21.2 Å². The van der Waals surface area contributed by atoms with Crippen LogP contribution in [0.3, 0.4) is 0 Å². The van der Waals surface area contributed by atoms with Crippen molar-refractivity contribution in [1.29, 1.82) is 0 Å². The van der Waals surface area contributed by atoms with Gasteiger partial charge in [0.05, 0.1) is 10.7 Å². The first-order valence-electron chi connectivity index (χ1n) is 3.28. The minimum Gasteiger partial charge on any atom is -0.386 e. The van der Waals surface area contributed by atoms with Gasteiger partial charge in [-0.15, -0.1) is 0 Å². The molecular formula is C8H9BrClN. The minimum absolute atomic E-state index is 0.749. The SMILES string of the molecule is CNc1c(Cl)cc(C)cc1Br. The topological polar surface area (TPSA) is 12.0 Å². The molecule has 60 valence electrons. The van der Waals surface area contributed by atoms with Crippen LogP contribution in [-0.2, 0) is 0 Å². The van der Waals surface area contributed by atoms with Crippen LogP contribution >= 0.6 is 27.5 Å². The van der Waals surface area contributed by atoms with Crippen LogP contribution in [0.5, 0.6) is 0 Å². The number of halogens is 2. The van der Waals surface area contributed by atoms with Crippen molar-refractivity contribution in [2.24, 2.45) is 0 Å². The summed E-state index contributed by atoms with van der Waals surface area (Å²) in [7, 11) is 1.85. The summed E-state index contributed by atoms with van der Waals surface area (Å²) in [5, 5.41) is 3.76. The lowest BCUT2D eigenvalue weighted by atomic mass is 10.2. The second-order valence-corrected chi connectivity index (χ2v) is 3.62. The number of nitrogens with one attached hydrogen (secondary N) is 1. The number of hydrogen-bond acceptors (Lipinski definition) is 1. The highest BCUT2D eigenvalue weighted by molar-refractivity contribution is 9.10. The molecule has 0 heterocycles. The van der Waals surface area contributed by atoms with E-state index in [1.165, 1.54) is 0 Å². The predicted octanol–water partition coefficient (Wildman–Crippen LogP) is 3.45. The molecule has 11 heavy (non-hydrogen) atoms. The van der Waals surface area contributed by atoms with E-state index in [0.29, 0.717) is 0 Å². The summed E-state index contributed by atoms with van der Waals surface area (Å²) in [4.78, 5) is 0. The molecule has 0 radical (unpaired) electrons. The van der Waals surface area contributed by atoms with Gasteiger partial charge >= 0.3 is 0 Å². The lowest BCUT2D eigenvalue weighted by molar-refractivity contribution is 1.41. The molecular weight excluding hydrogens is 225 g/mol. The third-order valence-electron chi connectivity index (χ3n) is 1.44. The number of rotatable bonds is 1. The maximum absolute atomic E-state index is 5.94. The van der Waals surface area contributed by atoms with Crippen LogP contribution in [0.2, 0.25) is 5.02 Å². The highest BCUT2D eigenvalue weighted by Crippen LogP contribution is 2.31. The maximum Gasteiger partial charge on any atom is 0.0671 e. The zero-order valence-electron chi connectivity index (χ0n) is 6.41. The van der Waals surface area contributed by atoms with Gasteiger partial charge in [0.25, 0.3) is 0 Å². The molecule has 1 nitrogen and oxygen atoms in total. The smallest absolute Gasteiger partial charge is 0.0671 e. The summed E-state index contributed by atoms with van der Waals surface area (Å²) in [5.74, 6) is 0. The molecule has 0 aliphatic rings. The quantitative estimate of drug-likeness (QED) is 0.785. The largest absolute Gasteiger partial charge is 0.386 e. The molecule has 0 spiro atoms. The zero-order valence-corrected chi connectivity index (χ0v) is 8.75. The van der Waals surface area contributed by atoms with Gasteiger partial charge in [0.2, 0.25) is 0 Å². The van der Waals surface area contributed by atoms with Crippen molar-refractivity contribution in [3.8, 4) is 0 Å². The number of aryl methyl sites for hydroxylation is 1. The lowest BCUT2D eigenvalue weighted by Crippen LogP contribution is -1.90. The van der Waals surface area contributed by atoms with Gasteiger partial charge in [0.15, 0.2) is 0 Å². The second kappa shape index (κ2) is 3.46. The van der Waals surface area contributed by atoms with E-state index in [1.807, 2.05) is 26.1 Å². The van der Waals surface area contributed by atoms with Crippen molar-refractivity contribution in [2.45, 2.75) is 6.92 Å². The first kappa shape index (κ1) is 8.88. The van der Waals surface area contributed by atoms with Crippen LogP contribution in [0.4, 0.5) is 5.69 Å². The number of hydrogen-bond donors (Lipinski definition) is 1. The van der Waals surface area contributed by atoms with Gasteiger partial charge in [-0.2, -0.15) is 0 Å². The van der Waals surface area contributed by atoms with Gasteiger partial charge in [0, 0.05) is 11.5 Å². The summed E-state index contributed by atoms with van der Waals surface area (Å²) >= 11 is 9.35. The molecule has 0 saturated heterocycles. The molecule has 1 aromatic rings. The van der Waals surface area contributed by atoms with E-state index in [-0.39, 0.29) is 0 Å². The van der Waals surface area contributed by atoms with Crippen molar-refractivity contribution in [3.05, 3.63) is 27.2 Å². The van der Waals surface area contributed by atoms with Gasteiger partial charge in [-0.3, -0.25) is 0 Å². The monoisotopic (exact) mass is 233 g/mol. The molecule has 0 aliphatic heterocycles. The average Bonchev–Trinajstić information content (AvgIpc) is 1.85. The molecule has 0 amide bonds. The Morgan fingerprint density at radius 1 is 1.45 bits per heavy atom. The molecule has 3 heteroatoms. The van der Waals surface area contributed by atoms with Crippen molar-refractivity contribution in [3.63, 3.8) is 0 Å². The van der Waals surface area contributed by atoms with Gasteiger partial charge in [-0.25, -0.2) is 0 Å². The minimum atomic E-state index is 0.749. The Labute approximate surface area is 79.9 Å². The second-order valence-electron chi connectivity index (χ2n) is 2.35. The van der Waals surface area contributed by atoms with E-state index < -0.39 is 0 Å². The summed E-state index contributed by atoms with van der Waals surface area (Å²) in [6.45, 7) is 2.01. The molecule has 0 bridgehead atoms. The summed E-state index contributed by atoms with van der Waals surface area (Å²) in [6, 6.07) is 3.95. The fraction of sp³-hybridized carbons (Fsp3) is 0.250. The third kappa shape index (κ3) is 1.88. The Balaban J connectivity index is 3.25. The highest BCUT2D eigenvalue weighted by atomic mass is 79.9.